The zero-order valence-corrected chi connectivity index (χ0v) is 13.5. The van der Waals surface area contributed by atoms with E-state index >= 15 is 0 Å². The van der Waals surface area contributed by atoms with Crippen molar-refractivity contribution in [2.75, 3.05) is 0 Å². The van der Waals surface area contributed by atoms with Crippen molar-refractivity contribution in [3.63, 3.8) is 0 Å². The van der Waals surface area contributed by atoms with Crippen LogP contribution in [0.25, 0.3) is 0 Å². The van der Waals surface area contributed by atoms with Gasteiger partial charge in [0.2, 0.25) is 0 Å². The summed E-state index contributed by atoms with van der Waals surface area (Å²) >= 11 is 0. The second-order valence-electron chi connectivity index (χ2n) is 6.91. The molecule has 2 aliphatic carbocycles. The average molecular weight is 314 g/mol. The number of benzene rings is 1. The van der Waals surface area contributed by atoms with E-state index in [1.807, 2.05) is 12.1 Å². The van der Waals surface area contributed by atoms with E-state index in [-0.39, 0.29) is 11.9 Å². The SMILES string of the molecule is Cn1c(CN[C@@H](c2ccc(F)cc2)C2CCC2)nnc1C1CC1. The Kier molecular flexibility index (Phi) is 3.89. The Balaban J connectivity index is 1.48. The van der Waals surface area contributed by atoms with E-state index in [0.29, 0.717) is 18.4 Å². The number of hydrogen-bond donors (Lipinski definition) is 1. The van der Waals surface area contributed by atoms with Crippen LogP contribution in [0.4, 0.5) is 4.39 Å². The smallest absolute Gasteiger partial charge is 0.146 e. The van der Waals surface area contributed by atoms with Crippen LogP contribution in [-0.4, -0.2) is 14.8 Å². The van der Waals surface area contributed by atoms with E-state index in [9.17, 15) is 4.39 Å². The Morgan fingerprint density at radius 3 is 2.52 bits per heavy atom. The monoisotopic (exact) mass is 314 g/mol. The fourth-order valence-corrected chi connectivity index (χ4v) is 3.43. The summed E-state index contributed by atoms with van der Waals surface area (Å²) in [6.07, 6.45) is 6.24. The molecule has 1 heterocycles. The van der Waals surface area contributed by atoms with Crippen LogP contribution in [0.1, 0.15) is 61.3 Å². The van der Waals surface area contributed by atoms with E-state index < -0.39 is 0 Å². The van der Waals surface area contributed by atoms with Gasteiger partial charge < -0.3 is 9.88 Å². The molecule has 0 radical (unpaired) electrons. The van der Waals surface area contributed by atoms with Crippen LogP contribution < -0.4 is 5.32 Å². The maximum atomic E-state index is 13.2. The van der Waals surface area contributed by atoms with Crippen molar-refractivity contribution >= 4 is 0 Å². The molecule has 0 unspecified atom stereocenters. The first kappa shape index (κ1) is 14.8. The van der Waals surface area contributed by atoms with Gasteiger partial charge in [0, 0.05) is 19.0 Å². The molecular weight excluding hydrogens is 291 g/mol. The van der Waals surface area contributed by atoms with Gasteiger partial charge in [-0.05, 0) is 49.3 Å². The largest absolute Gasteiger partial charge is 0.317 e. The third kappa shape index (κ3) is 3.02. The predicted molar refractivity (Wildman–Crippen MR) is 86.3 cm³/mol. The number of nitrogens with one attached hydrogen (secondary N) is 1. The number of nitrogens with zero attached hydrogens (tertiary/aromatic N) is 3. The molecule has 4 rings (SSSR count). The molecule has 1 aromatic carbocycles. The molecule has 0 saturated heterocycles. The topological polar surface area (TPSA) is 42.7 Å². The van der Waals surface area contributed by atoms with Crippen molar-refractivity contribution < 1.29 is 4.39 Å². The highest BCUT2D eigenvalue weighted by atomic mass is 19.1. The second-order valence-corrected chi connectivity index (χ2v) is 6.91. The van der Waals surface area contributed by atoms with Crippen LogP contribution in [-0.2, 0) is 13.6 Å². The van der Waals surface area contributed by atoms with Gasteiger partial charge in [-0.2, -0.15) is 0 Å². The molecular formula is C18H23FN4. The molecule has 0 bridgehead atoms. The van der Waals surface area contributed by atoms with Gasteiger partial charge in [0.15, 0.2) is 0 Å². The van der Waals surface area contributed by atoms with Crippen LogP contribution >= 0.6 is 0 Å². The Morgan fingerprint density at radius 2 is 1.91 bits per heavy atom. The minimum absolute atomic E-state index is 0.177. The lowest BCUT2D eigenvalue weighted by molar-refractivity contribution is 0.228. The summed E-state index contributed by atoms with van der Waals surface area (Å²) < 4.78 is 15.3. The lowest BCUT2D eigenvalue weighted by atomic mass is 9.77. The first-order valence-electron chi connectivity index (χ1n) is 8.59. The highest BCUT2D eigenvalue weighted by Crippen LogP contribution is 2.39. The van der Waals surface area contributed by atoms with E-state index in [0.717, 1.165) is 11.6 Å². The Bertz CT molecular complexity index is 671. The molecule has 23 heavy (non-hydrogen) atoms. The van der Waals surface area contributed by atoms with Crippen molar-refractivity contribution in [3.05, 3.63) is 47.3 Å². The molecule has 2 aliphatic rings. The van der Waals surface area contributed by atoms with Gasteiger partial charge in [0.1, 0.15) is 17.5 Å². The zero-order chi connectivity index (χ0) is 15.8. The summed E-state index contributed by atoms with van der Waals surface area (Å²) in [7, 11) is 2.06. The Morgan fingerprint density at radius 1 is 1.17 bits per heavy atom. The molecule has 0 spiro atoms. The normalized spacial score (nSPS) is 19.6. The maximum absolute atomic E-state index is 13.2. The van der Waals surface area contributed by atoms with Crippen LogP contribution in [0, 0.1) is 11.7 Å². The lowest BCUT2D eigenvalue weighted by Crippen LogP contribution is -2.32. The van der Waals surface area contributed by atoms with Crippen molar-refractivity contribution in [1.29, 1.82) is 0 Å². The van der Waals surface area contributed by atoms with Gasteiger partial charge in [-0.3, -0.25) is 0 Å². The van der Waals surface area contributed by atoms with E-state index in [4.69, 9.17) is 0 Å². The zero-order valence-electron chi connectivity index (χ0n) is 13.5. The van der Waals surface area contributed by atoms with Gasteiger partial charge in [-0.1, -0.05) is 18.6 Å². The molecule has 1 aromatic heterocycles. The maximum Gasteiger partial charge on any atom is 0.146 e. The Labute approximate surface area is 136 Å². The predicted octanol–water partition coefficient (Wildman–Crippen LogP) is 3.46. The average Bonchev–Trinajstić information content (AvgIpc) is 3.27. The minimum atomic E-state index is -0.177. The molecule has 1 N–H and O–H groups in total. The molecule has 5 heteroatoms. The molecule has 0 aliphatic heterocycles. The van der Waals surface area contributed by atoms with Gasteiger partial charge in [0.05, 0.1) is 6.54 Å². The van der Waals surface area contributed by atoms with Gasteiger partial charge in [0.25, 0.3) is 0 Å². The summed E-state index contributed by atoms with van der Waals surface area (Å²) in [5, 5.41) is 12.3. The fourth-order valence-electron chi connectivity index (χ4n) is 3.43. The van der Waals surface area contributed by atoms with Gasteiger partial charge in [-0.25, -0.2) is 4.39 Å². The first-order chi connectivity index (χ1) is 11.2. The van der Waals surface area contributed by atoms with Crippen LogP contribution in [0.2, 0.25) is 0 Å². The van der Waals surface area contributed by atoms with Crippen LogP contribution in [0.5, 0.6) is 0 Å². The molecule has 2 aromatic rings. The fraction of sp³-hybridized carbons (Fsp3) is 0.556. The quantitative estimate of drug-likeness (QED) is 0.888. The lowest BCUT2D eigenvalue weighted by Gasteiger charge is -2.34. The number of hydrogen-bond acceptors (Lipinski definition) is 3. The third-order valence-electron chi connectivity index (χ3n) is 5.27. The highest BCUT2D eigenvalue weighted by molar-refractivity contribution is 5.21. The van der Waals surface area contributed by atoms with Gasteiger partial charge in [-0.15, -0.1) is 10.2 Å². The highest BCUT2D eigenvalue weighted by Gasteiger charge is 2.31. The minimum Gasteiger partial charge on any atom is -0.317 e. The van der Waals surface area contributed by atoms with E-state index in [1.54, 1.807) is 12.1 Å². The molecule has 0 amide bonds. The van der Waals surface area contributed by atoms with E-state index in [2.05, 4.69) is 27.1 Å². The molecule has 2 saturated carbocycles. The third-order valence-corrected chi connectivity index (χ3v) is 5.27. The molecule has 4 nitrogen and oxygen atoms in total. The molecule has 122 valence electrons. The standard InChI is InChI=1S/C18H23FN4/c1-23-16(21-22-18(23)14-5-6-14)11-20-17(12-3-2-4-12)13-7-9-15(19)10-8-13/h7-10,12,14,17,20H,2-6,11H2,1H3/t17-/m1/s1. The number of rotatable bonds is 6. The van der Waals surface area contributed by atoms with E-state index in [1.165, 1.54) is 37.7 Å². The van der Waals surface area contributed by atoms with Crippen LogP contribution in [0.15, 0.2) is 24.3 Å². The summed E-state index contributed by atoms with van der Waals surface area (Å²) in [6, 6.07) is 7.17. The summed E-state index contributed by atoms with van der Waals surface area (Å²) in [4.78, 5) is 0. The van der Waals surface area contributed by atoms with Crippen molar-refractivity contribution in [2.45, 2.75) is 50.6 Å². The van der Waals surface area contributed by atoms with Crippen molar-refractivity contribution in [2.24, 2.45) is 13.0 Å². The van der Waals surface area contributed by atoms with Crippen LogP contribution in [0.3, 0.4) is 0 Å². The summed E-state index contributed by atoms with van der Waals surface area (Å²) in [6.45, 7) is 0.703. The van der Waals surface area contributed by atoms with Crippen molar-refractivity contribution in [3.8, 4) is 0 Å². The summed E-state index contributed by atoms with van der Waals surface area (Å²) in [5.41, 5.74) is 1.17. The molecule has 2 fully saturated rings. The summed E-state index contributed by atoms with van der Waals surface area (Å²) in [5.74, 6) is 3.17. The molecule has 1 atom stereocenters. The second kappa shape index (κ2) is 6.04. The van der Waals surface area contributed by atoms with Crippen molar-refractivity contribution in [1.82, 2.24) is 20.1 Å². The number of halogens is 1. The first-order valence-corrected chi connectivity index (χ1v) is 8.59. The Hall–Kier alpha value is -1.75. The number of aromatic nitrogens is 3. The van der Waals surface area contributed by atoms with Gasteiger partial charge >= 0.3 is 0 Å².